The maximum absolute atomic E-state index is 11.8. The highest BCUT2D eigenvalue weighted by atomic mass is 16.5. The summed E-state index contributed by atoms with van der Waals surface area (Å²) in [6, 6.07) is 0. The molecule has 5 nitrogen and oxygen atoms in total. The number of rotatable bonds is 5. The Kier molecular flexibility index (Phi) is 5.41. The fraction of sp³-hybridized carbons (Fsp3) is 0.923. The number of nitrogens with zero attached hydrogens (tertiary/aromatic N) is 2. The molecule has 2 aliphatic rings. The molecular weight excluding hydrogens is 230 g/mol. The molecule has 2 saturated heterocycles. The van der Waals surface area contributed by atoms with Gasteiger partial charge in [0.05, 0.1) is 12.6 Å². The van der Waals surface area contributed by atoms with Crippen LogP contribution in [-0.2, 0) is 9.53 Å². The van der Waals surface area contributed by atoms with Gasteiger partial charge in [0.25, 0.3) is 0 Å². The fourth-order valence-corrected chi connectivity index (χ4v) is 2.60. The summed E-state index contributed by atoms with van der Waals surface area (Å²) < 4.78 is 5.65. The van der Waals surface area contributed by atoms with Crippen molar-refractivity contribution in [3.05, 3.63) is 0 Å². The molecule has 2 heterocycles. The quantitative estimate of drug-likeness (QED) is 0.746. The van der Waals surface area contributed by atoms with Crippen LogP contribution in [0, 0.1) is 0 Å². The van der Waals surface area contributed by atoms with Crippen LogP contribution in [0.2, 0.25) is 0 Å². The third kappa shape index (κ3) is 3.93. The number of hydrogen-bond donors (Lipinski definition) is 1. The van der Waals surface area contributed by atoms with Crippen molar-refractivity contribution in [2.75, 3.05) is 52.4 Å². The van der Waals surface area contributed by atoms with E-state index < -0.39 is 0 Å². The van der Waals surface area contributed by atoms with E-state index in [2.05, 4.69) is 10.2 Å². The van der Waals surface area contributed by atoms with Gasteiger partial charge in [-0.3, -0.25) is 9.69 Å². The van der Waals surface area contributed by atoms with E-state index in [1.807, 2.05) is 11.8 Å². The first-order valence-electron chi connectivity index (χ1n) is 7.12. The molecule has 18 heavy (non-hydrogen) atoms. The van der Waals surface area contributed by atoms with E-state index in [9.17, 15) is 4.79 Å². The molecule has 2 aliphatic heterocycles. The van der Waals surface area contributed by atoms with Crippen molar-refractivity contribution in [3.63, 3.8) is 0 Å². The predicted octanol–water partition coefficient (Wildman–Crippen LogP) is -0.0809. The lowest BCUT2D eigenvalue weighted by molar-refractivity contribution is -0.132. The standard InChI is InChI=1S/C13H25N3O2/c1-2-14-10-13(17)16-7-5-15(6-8-16)11-12-4-3-9-18-12/h12,14H,2-11H2,1H3. The molecule has 0 aromatic rings. The Morgan fingerprint density at radius 3 is 2.72 bits per heavy atom. The minimum Gasteiger partial charge on any atom is -0.377 e. The average molecular weight is 255 g/mol. The van der Waals surface area contributed by atoms with Gasteiger partial charge in [-0.2, -0.15) is 0 Å². The van der Waals surface area contributed by atoms with E-state index >= 15 is 0 Å². The monoisotopic (exact) mass is 255 g/mol. The first-order valence-corrected chi connectivity index (χ1v) is 7.12. The van der Waals surface area contributed by atoms with Gasteiger partial charge in [-0.1, -0.05) is 6.92 Å². The van der Waals surface area contributed by atoms with Crippen LogP contribution < -0.4 is 5.32 Å². The molecule has 0 spiro atoms. The van der Waals surface area contributed by atoms with Gasteiger partial charge in [-0.15, -0.1) is 0 Å². The summed E-state index contributed by atoms with van der Waals surface area (Å²) in [7, 11) is 0. The maximum atomic E-state index is 11.8. The van der Waals surface area contributed by atoms with Gasteiger partial charge in [0.2, 0.25) is 5.91 Å². The first-order chi connectivity index (χ1) is 8.79. The van der Waals surface area contributed by atoms with Crippen molar-refractivity contribution < 1.29 is 9.53 Å². The molecule has 0 aromatic carbocycles. The Bertz CT molecular complexity index is 259. The van der Waals surface area contributed by atoms with Crippen molar-refractivity contribution in [2.24, 2.45) is 0 Å². The molecular formula is C13H25N3O2. The number of piperazine rings is 1. The van der Waals surface area contributed by atoms with Gasteiger partial charge in [0, 0.05) is 39.3 Å². The molecule has 2 rings (SSSR count). The summed E-state index contributed by atoms with van der Waals surface area (Å²) in [6.45, 7) is 8.99. The van der Waals surface area contributed by atoms with E-state index in [1.165, 1.54) is 12.8 Å². The zero-order valence-electron chi connectivity index (χ0n) is 11.4. The van der Waals surface area contributed by atoms with E-state index in [0.717, 1.165) is 45.9 Å². The molecule has 104 valence electrons. The van der Waals surface area contributed by atoms with Gasteiger partial charge >= 0.3 is 0 Å². The molecule has 0 saturated carbocycles. The topological polar surface area (TPSA) is 44.8 Å². The Labute approximate surface area is 109 Å². The summed E-state index contributed by atoms with van der Waals surface area (Å²) in [5, 5.41) is 3.09. The number of carbonyl (C=O) groups excluding carboxylic acids is 1. The molecule has 0 aromatic heterocycles. The second-order valence-electron chi connectivity index (χ2n) is 5.10. The Balaban J connectivity index is 1.65. The predicted molar refractivity (Wildman–Crippen MR) is 70.5 cm³/mol. The average Bonchev–Trinajstić information content (AvgIpc) is 2.89. The minimum atomic E-state index is 0.230. The van der Waals surface area contributed by atoms with Crippen molar-refractivity contribution in [1.82, 2.24) is 15.1 Å². The van der Waals surface area contributed by atoms with Crippen molar-refractivity contribution in [3.8, 4) is 0 Å². The summed E-state index contributed by atoms with van der Waals surface area (Å²) in [6.07, 6.45) is 2.82. The lowest BCUT2D eigenvalue weighted by atomic mass is 10.2. The second kappa shape index (κ2) is 7.07. The summed E-state index contributed by atoms with van der Waals surface area (Å²) in [4.78, 5) is 16.2. The summed E-state index contributed by atoms with van der Waals surface area (Å²) >= 11 is 0. The van der Waals surface area contributed by atoms with Gasteiger partial charge < -0.3 is 15.0 Å². The Morgan fingerprint density at radius 2 is 2.11 bits per heavy atom. The van der Waals surface area contributed by atoms with E-state index in [4.69, 9.17) is 4.74 Å². The van der Waals surface area contributed by atoms with E-state index in [0.29, 0.717) is 12.6 Å². The molecule has 5 heteroatoms. The normalized spacial score (nSPS) is 25.6. The molecule has 1 atom stereocenters. The molecule has 1 N–H and O–H groups in total. The summed E-state index contributed by atoms with van der Waals surface area (Å²) in [5.41, 5.74) is 0. The minimum absolute atomic E-state index is 0.230. The Hall–Kier alpha value is -0.650. The lowest BCUT2D eigenvalue weighted by Crippen LogP contribution is -2.52. The highest BCUT2D eigenvalue weighted by Crippen LogP contribution is 2.14. The molecule has 1 unspecified atom stereocenters. The van der Waals surface area contributed by atoms with Gasteiger partial charge in [0.1, 0.15) is 0 Å². The van der Waals surface area contributed by atoms with Crippen LogP contribution >= 0.6 is 0 Å². The van der Waals surface area contributed by atoms with Crippen molar-refractivity contribution in [2.45, 2.75) is 25.9 Å². The number of ether oxygens (including phenoxy) is 1. The third-order valence-electron chi connectivity index (χ3n) is 3.74. The van der Waals surface area contributed by atoms with Crippen molar-refractivity contribution >= 4 is 5.91 Å². The van der Waals surface area contributed by atoms with Crippen LogP contribution in [0.1, 0.15) is 19.8 Å². The number of carbonyl (C=O) groups is 1. The highest BCUT2D eigenvalue weighted by molar-refractivity contribution is 5.78. The van der Waals surface area contributed by atoms with Crippen LogP contribution in [0.15, 0.2) is 0 Å². The first kappa shape index (κ1) is 13.8. The lowest BCUT2D eigenvalue weighted by Gasteiger charge is -2.35. The van der Waals surface area contributed by atoms with Crippen LogP contribution in [0.5, 0.6) is 0 Å². The molecule has 2 fully saturated rings. The van der Waals surface area contributed by atoms with Crippen LogP contribution in [0.3, 0.4) is 0 Å². The van der Waals surface area contributed by atoms with E-state index in [-0.39, 0.29) is 5.91 Å². The number of nitrogens with one attached hydrogen (secondary N) is 1. The van der Waals surface area contributed by atoms with Gasteiger partial charge in [-0.05, 0) is 19.4 Å². The van der Waals surface area contributed by atoms with Crippen LogP contribution in [-0.4, -0.2) is 74.2 Å². The second-order valence-corrected chi connectivity index (χ2v) is 5.10. The highest BCUT2D eigenvalue weighted by Gasteiger charge is 2.24. The van der Waals surface area contributed by atoms with Crippen LogP contribution in [0.4, 0.5) is 0 Å². The van der Waals surface area contributed by atoms with Crippen LogP contribution in [0.25, 0.3) is 0 Å². The van der Waals surface area contributed by atoms with E-state index in [1.54, 1.807) is 0 Å². The molecule has 0 bridgehead atoms. The molecule has 1 amide bonds. The largest absolute Gasteiger partial charge is 0.377 e. The molecule has 0 radical (unpaired) electrons. The van der Waals surface area contributed by atoms with Gasteiger partial charge in [-0.25, -0.2) is 0 Å². The summed E-state index contributed by atoms with van der Waals surface area (Å²) in [5.74, 6) is 0.230. The SMILES string of the molecule is CCNCC(=O)N1CCN(CC2CCCO2)CC1. The number of amides is 1. The fourth-order valence-electron chi connectivity index (χ4n) is 2.60. The maximum Gasteiger partial charge on any atom is 0.236 e. The molecule has 0 aliphatic carbocycles. The Morgan fingerprint density at radius 1 is 1.33 bits per heavy atom. The van der Waals surface area contributed by atoms with Crippen molar-refractivity contribution in [1.29, 1.82) is 0 Å². The number of likely N-dealkylation sites (N-methyl/N-ethyl adjacent to an activating group) is 1. The zero-order chi connectivity index (χ0) is 12.8. The third-order valence-corrected chi connectivity index (χ3v) is 3.74. The number of hydrogen-bond acceptors (Lipinski definition) is 4. The van der Waals surface area contributed by atoms with Gasteiger partial charge in [0.15, 0.2) is 0 Å². The smallest absolute Gasteiger partial charge is 0.236 e. The zero-order valence-corrected chi connectivity index (χ0v) is 11.4.